The Balaban J connectivity index is 0.00000311. The number of azo groups is 3. The van der Waals surface area contributed by atoms with Crippen LogP contribution < -0.4 is 75.1 Å². The summed E-state index contributed by atoms with van der Waals surface area (Å²) in [4.78, 5) is -1.16. The molecule has 19 heteroatoms. The predicted octanol–water partition coefficient (Wildman–Crippen LogP) is 4.29. The zero-order chi connectivity index (χ0) is 41.5. The van der Waals surface area contributed by atoms with Gasteiger partial charge in [-0.25, -0.2) is 0 Å². The second kappa shape index (κ2) is 18.3. The quantitative estimate of drug-likeness (QED) is 0.0808. The number of hydrogen-bond acceptors (Lipinski definition) is 13. The normalized spacial score (nSPS) is 12.1. The summed E-state index contributed by atoms with van der Waals surface area (Å²) in [6.07, 6.45) is 0. The van der Waals surface area contributed by atoms with Crippen LogP contribution in [0, 0.1) is 0 Å². The molecule has 0 saturated heterocycles. The summed E-state index contributed by atoms with van der Waals surface area (Å²) >= 11 is 0. The van der Waals surface area contributed by atoms with Crippen molar-refractivity contribution in [2.45, 2.75) is 9.79 Å². The first-order valence-electron chi connectivity index (χ1n) is 17.4. The third-order valence-corrected chi connectivity index (χ3v) is 11.2. The van der Waals surface area contributed by atoms with Gasteiger partial charge in [-0.05, 0) is 77.2 Å². The Morgan fingerprint density at radius 2 is 0.852 bits per heavy atom. The van der Waals surface area contributed by atoms with Crippen molar-refractivity contribution in [3.63, 3.8) is 0 Å². The Morgan fingerprint density at radius 3 is 1.41 bits per heavy atom. The summed E-state index contributed by atoms with van der Waals surface area (Å²) in [5.41, 5.74) is 9.35. The molecule has 0 aliphatic carbocycles. The van der Waals surface area contributed by atoms with Gasteiger partial charge in [-0.15, -0.1) is 10.2 Å². The molecule has 0 fully saturated rings. The van der Waals surface area contributed by atoms with E-state index in [-0.39, 0.29) is 91.5 Å². The van der Waals surface area contributed by atoms with Crippen molar-refractivity contribution in [3.8, 4) is 22.6 Å². The van der Waals surface area contributed by atoms with Crippen LogP contribution in [-0.2, 0) is 20.2 Å². The summed E-state index contributed by atoms with van der Waals surface area (Å²) < 4.78 is 68.3. The van der Waals surface area contributed by atoms with Crippen molar-refractivity contribution in [1.82, 2.24) is 0 Å². The second-order valence-corrected chi connectivity index (χ2v) is 15.8. The smallest absolute Gasteiger partial charge is 0.871 e. The Bertz CT molecular complexity index is 3320. The Morgan fingerprint density at radius 1 is 0.426 bits per heavy atom. The molecule has 0 aromatic heterocycles. The van der Waals surface area contributed by atoms with Crippen molar-refractivity contribution in [1.29, 1.82) is 0 Å². The Labute approximate surface area is 392 Å². The van der Waals surface area contributed by atoms with Gasteiger partial charge in [0.05, 0.1) is 34.1 Å². The minimum atomic E-state index is -4.99. The average Bonchev–Trinajstić information content (AvgIpc) is 3.22. The molecule has 0 spiro atoms. The van der Waals surface area contributed by atoms with Crippen LogP contribution in [0.1, 0.15) is 0 Å². The van der Waals surface area contributed by atoms with Gasteiger partial charge in [0.1, 0.15) is 9.79 Å². The Kier molecular flexibility index (Phi) is 13.5. The second-order valence-electron chi connectivity index (χ2n) is 13.1. The SMILES string of the molecule is Nc1ccc(N=Nc2ccc(-c3ccc(N=Nc4ccc5c(S(=O)(=O)O)cc(N=Nc6ccc(S(=O)(=O)O)c7ccccc67)c([O-])c5c4[O-])cc3)cc2)c2ccccc12.[Na+].[Na+]. The number of fused-ring (bicyclic) bond motifs is 3. The Hall–Kier alpha value is -5.44. The molecule has 0 radical (unpaired) electrons. The van der Waals surface area contributed by atoms with Crippen LogP contribution in [0.4, 0.5) is 39.8 Å². The van der Waals surface area contributed by atoms with Gasteiger partial charge in [0, 0.05) is 32.6 Å². The molecule has 0 atom stereocenters. The van der Waals surface area contributed by atoms with Gasteiger partial charge < -0.3 is 15.9 Å². The molecule has 8 aromatic rings. The van der Waals surface area contributed by atoms with Crippen molar-refractivity contribution in [2.75, 3.05) is 5.73 Å². The van der Waals surface area contributed by atoms with E-state index in [2.05, 4.69) is 30.7 Å². The third-order valence-electron chi connectivity index (χ3n) is 9.36. The van der Waals surface area contributed by atoms with Gasteiger partial charge in [-0.1, -0.05) is 90.4 Å². The van der Waals surface area contributed by atoms with Crippen molar-refractivity contribution in [3.05, 3.63) is 140 Å². The number of anilines is 1. The van der Waals surface area contributed by atoms with E-state index in [0.29, 0.717) is 22.7 Å². The fraction of sp³-hybridized carbons (Fsp3) is 0. The number of benzene rings is 8. The molecule has 0 amide bonds. The number of nitrogen functional groups attached to an aromatic ring is 1. The molecule has 8 aromatic carbocycles. The first kappa shape index (κ1) is 45.1. The molecular formula is C42H27N7Na2O8S2. The largest absolute Gasteiger partial charge is 1.00 e. The monoisotopic (exact) mass is 867 g/mol. The van der Waals surface area contributed by atoms with Gasteiger partial charge in [-0.2, -0.15) is 37.3 Å². The van der Waals surface area contributed by atoms with Crippen LogP contribution in [0.15, 0.2) is 180 Å². The number of nitrogens with zero attached hydrogens (tertiary/aromatic N) is 6. The van der Waals surface area contributed by atoms with E-state index in [1.807, 2.05) is 54.6 Å². The topological polar surface area (TPSA) is 255 Å². The molecule has 0 heterocycles. The number of nitrogens with two attached hydrogens (primary N) is 1. The van der Waals surface area contributed by atoms with Crippen molar-refractivity contribution in [2.24, 2.45) is 30.7 Å². The zero-order valence-electron chi connectivity index (χ0n) is 32.2. The molecule has 0 unspecified atom stereocenters. The minimum absolute atomic E-state index is 0. The minimum Gasteiger partial charge on any atom is -0.871 e. The fourth-order valence-electron chi connectivity index (χ4n) is 6.50. The summed E-state index contributed by atoms with van der Waals surface area (Å²) in [7, 11) is -9.59. The van der Waals surface area contributed by atoms with Crippen LogP contribution >= 0.6 is 0 Å². The predicted molar refractivity (Wildman–Crippen MR) is 219 cm³/mol. The van der Waals surface area contributed by atoms with Crippen molar-refractivity contribution >= 4 is 92.4 Å². The fourth-order valence-corrected chi connectivity index (χ4v) is 7.90. The first-order valence-corrected chi connectivity index (χ1v) is 20.3. The summed E-state index contributed by atoms with van der Waals surface area (Å²) in [5, 5.41) is 53.4. The first-order chi connectivity index (χ1) is 28.3. The van der Waals surface area contributed by atoms with Crippen LogP contribution in [0.2, 0.25) is 0 Å². The molecule has 0 saturated carbocycles. The maximum absolute atomic E-state index is 13.6. The van der Waals surface area contributed by atoms with E-state index in [0.717, 1.165) is 40.1 Å². The molecule has 15 nitrogen and oxygen atoms in total. The van der Waals surface area contributed by atoms with E-state index < -0.39 is 47.7 Å². The molecule has 4 N–H and O–H groups in total. The van der Waals surface area contributed by atoms with Crippen molar-refractivity contribution < 1.29 is 95.3 Å². The van der Waals surface area contributed by atoms with Crippen LogP contribution in [-0.4, -0.2) is 25.9 Å². The van der Waals surface area contributed by atoms with Crippen LogP contribution in [0.3, 0.4) is 0 Å². The summed E-state index contributed by atoms with van der Waals surface area (Å²) in [6.45, 7) is 0. The third kappa shape index (κ3) is 9.41. The van der Waals surface area contributed by atoms with E-state index in [4.69, 9.17) is 5.73 Å². The van der Waals surface area contributed by atoms with Gasteiger partial charge in [0.2, 0.25) is 0 Å². The van der Waals surface area contributed by atoms with E-state index in [1.165, 1.54) is 30.3 Å². The maximum atomic E-state index is 13.6. The summed E-state index contributed by atoms with van der Waals surface area (Å²) in [5.74, 6) is -1.98. The maximum Gasteiger partial charge on any atom is 1.00 e. The average molecular weight is 868 g/mol. The van der Waals surface area contributed by atoms with Crippen LogP contribution in [0.5, 0.6) is 11.5 Å². The molecule has 61 heavy (non-hydrogen) atoms. The van der Waals surface area contributed by atoms with Gasteiger partial charge in [0.25, 0.3) is 20.2 Å². The van der Waals surface area contributed by atoms with Crippen LogP contribution in [0.25, 0.3) is 43.4 Å². The molecule has 0 aliphatic rings. The molecular weight excluding hydrogens is 841 g/mol. The van der Waals surface area contributed by atoms with Gasteiger partial charge >= 0.3 is 59.1 Å². The standard InChI is InChI=1S/C42H29N7O8S2.2Na/c43-33-18-20-34(29-6-2-1-5-28(29)33)46-44-26-13-9-24(10-14-26)25-11-15-27(16-12-25)45-48-36-19-17-32-39(59(55,56)57)23-37(42(51)40(32)41(36)50)49-47-35-21-22-38(58(52,53)54)31-8-4-3-7-30(31)35;;/h1-23,50-51H,43H2,(H,52,53,54)(H,55,56,57);;/q;2*+1/p-2. The summed E-state index contributed by atoms with van der Waals surface area (Å²) in [6, 6.07) is 37.2. The number of hydrogen-bond donors (Lipinski definition) is 3. The molecule has 0 bridgehead atoms. The molecule has 0 aliphatic heterocycles. The zero-order valence-corrected chi connectivity index (χ0v) is 37.8. The van der Waals surface area contributed by atoms with E-state index in [9.17, 15) is 36.2 Å². The van der Waals surface area contributed by atoms with Gasteiger partial charge in [-0.3, -0.25) is 9.11 Å². The molecule has 292 valence electrons. The van der Waals surface area contributed by atoms with Gasteiger partial charge in [0.15, 0.2) is 0 Å². The number of rotatable bonds is 9. The molecule has 8 rings (SSSR count). The van der Waals surface area contributed by atoms with E-state index in [1.54, 1.807) is 36.4 Å². The van der Waals surface area contributed by atoms with E-state index >= 15 is 0 Å².